The van der Waals surface area contributed by atoms with Gasteiger partial charge in [-0.25, -0.2) is 0 Å². The summed E-state index contributed by atoms with van der Waals surface area (Å²) in [5.41, 5.74) is 1.92. The second-order valence-corrected chi connectivity index (χ2v) is 6.92. The fourth-order valence-electron chi connectivity index (χ4n) is 3.17. The van der Waals surface area contributed by atoms with Crippen LogP contribution >= 0.6 is 0 Å². The van der Waals surface area contributed by atoms with Crippen LogP contribution in [0.3, 0.4) is 0 Å². The van der Waals surface area contributed by atoms with Crippen molar-refractivity contribution in [2.75, 3.05) is 5.32 Å². The molecule has 2 aromatic rings. The van der Waals surface area contributed by atoms with E-state index in [2.05, 4.69) is 19.2 Å². The summed E-state index contributed by atoms with van der Waals surface area (Å²) in [6.07, 6.45) is 0.530. The molecule has 2 aromatic carbocycles. The van der Waals surface area contributed by atoms with Gasteiger partial charge in [0.2, 0.25) is 0 Å². The lowest BCUT2D eigenvalue weighted by atomic mass is 9.87. The number of anilines is 1. The van der Waals surface area contributed by atoms with E-state index in [1.807, 2.05) is 31.2 Å². The van der Waals surface area contributed by atoms with E-state index >= 15 is 0 Å². The summed E-state index contributed by atoms with van der Waals surface area (Å²) >= 11 is 0. The van der Waals surface area contributed by atoms with Crippen LogP contribution in [0.5, 0.6) is 0 Å². The van der Waals surface area contributed by atoms with Crippen molar-refractivity contribution in [2.24, 2.45) is 0 Å². The minimum absolute atomic E-state index is 0.247. The number of ketones is 1. The molecule has 0 aromatic heterocycles. The van der Waals surface area contributed by atoms with Crippen LogP contribution in [0.2, 0.25) is 0 Å². The zero-order valence-electron chi connectivity index (χ0n) is 14.8. The van der Waals surface area contributed by atoms with E-state index in [-0.39, 0.29) is 12.2 Å². The SMILES string of the molecule is CCc1ccc2c(c1)C(O)(CC(=O)c1ccc(C(C)C)cc1)C(=O)N2. The molecule has 4 nitrogen and oxygen atoms in total. The van der Waals surface area contributed by atoms with Crippen molar-refractivity contribution in [1.82, 2.24) is 0 Å². The number of rotatable bonds is 5. The number of hydrogen-bond acceptors (Lipinski definition) is 3. The second-order valence-electron chi connectivity index (χ2n) is 6.92. The third-order valence-electron chi connectivity index (χ3n) is 4.88. The molecule has 0 spiro atoms. The van der Waals surface area contributed by atoms with E-state index in [0.717, 1.165) is 17.5 Å². The average molecular weight is 337 g/mol. The van der Waals surface area contributed by atoms with Crippen LogP contribution in [0.15, 0.2) is 42.5 Å². The van der Waals surface area contributed by atoms with Gasteiger partial charge in [0.1, 0.15) is 0 Å². The Morgan fingerprint density at radius 2 is 1.84 bits per heavy atom. The summed E-state index contributed by atoms with van der Waals surface area (Å²) in [6.45, 7) is 6.18. The second kappa shape index (κ2) is 6.45. The lowest BCUT2D eigenvalue weighted by Gasteiger charge is -2.20. The first kappa shape index (κ1) is 17.4. The van der Waals surface area contributed by atoms with Gasteiger partial charge in [-0.3, -0.25) is 9.59 Å². The molecule has 1 aliphatic rings. The molecule has 4 heteroatoms. The molecule has 0 saturated heterocycles. The lowest BCUT2D eigenvalue weighted by Crippen LogP contribution is -2.36. The van der Waals surface area contributed by atoms with Crippen molar-refractivity contribution in [2.45, 2.75) is 45.1 Å². The number of aliphatic hydroxyl groups is 1. The number of carbonyl (C=O) groups is 2. The van der Waals surface area contributed by atoms with E-state index in [1.54, 1.807) is 18.2 Å². The number of fused-ring (bicyclic) bond motifs is 1. The molecule has 25 heavy (non-hydrogen) atoms. The van der Waals surface area contributed by atoms with Crippen molar-refractivity contribution >= 4 is 17.4 Å². The molecule has 1 heterocycles. The first-order valence-electron chi connectivity index (χ1n) is 8.65. The smallest absolute Gasteiger partial charge is 0.261 e. The van der Waals surface area contributed by atoms with Gasteiger partial charge in [-0.15, -0.1) is 0 Å². The van der Waals surface area contributed by atoms with E-state index in [4.69, 9.17) is 0 Å². The summed E-state index contributed by atoms with van der Waals surface area (Å²) in [7, 11) is 0. The summed E-state index contributed by atoms with van der Waals surface area (Å²) < 4.78 is 0. The Bertz CT molecular complexity index is 824. The number of Topliss-reactive ketones (excluding diaryl/α,β-unsaturated/α-hetero) is 1. The van der Waals surface area contributed by atoms with E-state index in [1.165, 1.54) is 0 Å². The fraction of sp³-hybridized carbons (Fsp3) is 0.333. The summed E-state index contributed by atoms with van der Waals surface area (Å²) in [4.78, 5) is 25.0. The van der Waals surface area contributed by atoms with Gasteiger partial charge in [0.05, 0.1) is 6.42 Å². The molecule has 1 unspecified atom stereocenters. The normalized spacial score (nSPS) is 19.0. The number of amides is 1. The van der Waals surface area contributed by atoms with Crippen molar-refractivity contribution in [3.8, 4) is 0 Å². The van der Waals surface area contributed by atoms with E-state index in [9.17, 15) is 14.7 Å². The van der Waals surface area contributed by atoms with Gasteiger partial charge < -0.3 is 10.4 Å². The Hall–Kier alpha value is -2.46. The van der Waals surface area contributed by atoms with Crippen molar-refractivity contribution < 1.29 is 14.7 Å². The molecular formula is C21H23NO3. The molecule has 0 radical (unpaired) electrons. The van der Waals surface area contributed by atoms with E-state index in [0.29, 0.717) is 22.7 Å². The Morgan fingerprint density at radius 1 is 1.16 bits per heavy atom. The molecule has 2 N–H and O–H groups in total. The Balaban J connectivity index is 1.89. The first-order chi connectivity index (χ1) is 11.8. The third kappa shape index (κ3) is 3.10. The molecule has 1 amide bonds. The minimum Gasteiger partial charge on any atom is -0.375 e. The van der Waals surface area contributed by atoms with Crippen molar-refractivity contribution in [1.29, 1.82) is 0 Å². The maximum atomic E-state index is 12.7. The molecule has 0 aliphatic carbocycles. The minimum atomic E-state index is -1.81. The highest BCUT2D eigenvalue weighted by Crippen LogP contribution is 2.39. The first-order valence-corrected chi connectivity index (χ1v) is 8.65. The molecular weight excluding hydrogens is 314 g/mol. The number of nitrogens with one attached hydrogen (secondary N) is 1. The summed E-state index contributed by atoms with van der Waals surface area (Å²) in [5, 5.41) is 13.7. The number of benzene rings is 2. The zero-order chi connectivity index (χ0) is 18.2. The Kier molecular flexibility index (Phi) is 4.48. The number of aryl methyl sites for hydroxylation is 1. The van der Waals surface area contributed by atoms with Crippen LogP contribution < -0.4 is 5.32 Å². The fourth-order valence-corrected chi connectivity index (χ4v) is 3.17. The van der Waals surface area contributed by atoms with Gasteiger partial charge in [-0.2, -0.15) is 0 Å². The molecule has 3 rings (SSSR count). The topological polar surface area (TPSA) is 66.4 Å². The van der Waals surface area contributed by atoms with Crippen LogP contribution in [0.25, 0.3) is 0 Å². The van der Waals surface area contributed by atoms with Gasteiger partial charge in [0.25, 0.3) is 5.91 Å². The highest BCUT2D eigenvalue weighted by Gasteiger charge is 2.46. The standard InChI is InChI=1S/C21H23NO3/c1-4-14-5-10-18-17(11-14)21(25,20(24)22-18)12-19(23)16-8-6-15(7-9-16)13(2)3/h5-11,13,25H,4,12H2,1-3H3,(H,22,24). The van der Waals surface area contributed by atoms with Crippen LogP contribution in [0, 0.1) is 0 Å². The summed E-state index contributed by atoms with van der Waals surface area (Å²) in [5.74, 6) is -0.404. The van der Waals surface area contributed by atoms with Gasteiger partial charge in [0.15, 0.2) is 11.4 Å². The van der Waals surface area contributed by atoms with Gasteiger partial charge in [-0.05, 0) is 29.5 Å². The lowest BCUT2D eigenvalue weighted by molar-refractivity contribution is -0.133. The number of hydrogen-bond donors (Lipinski definition) is 2. The van der Waals surface area contributed by atoms with Crippen molar-refractivity contribution in [3.63, 3.8) is 0 Å². The van der Waals surface area contributed by atoms with E-state index < -0.39 is 11.5 Å². The van der Waals surface area contributed by atoms with Crippen molar-refractivity contribution in [3.05, 3.63) is 64.7 Å². The monoisotopic (exact) mass is 337 g/mol. The third-order valence-corrected chi connectivity index (χ3v) is 4.88. The van der Waals surface area contributed by atoms with Crippen LogP contribution in [0.1, 0.15) is 60.2 Å². The molecule has 130 valence electrons. The predicted octanol–water partition coefficient (Wildman–Crippen LogP) is 3.79. The largest absolute Gasteiger partial charge is 0.375 e. The highest BCUT2D eigenvalue weighted by atomic mass is 16.3. The molecule has 0 saturated carbocycles. The van der Waals surface area contributed by atoms with Crippen LogP contribution in [0.4, 0.5) is 5.69 Å². The Morgan fingerprint density at radius 3 is 2.44 bits per heavy atom. The van der Waals surface area contributed by atoms with Gasteiger partial charge in [0, 0.05) is 16.8 Å². The predicted molar refractivity (Wildman–Crippen MR) is 97.8 cm³/mol. The van der Waals surface area contributed by atoms with Gasteiger partial charge in [-0.1, -0.05) is 57.2 Å². The average Bonchev–Trinajstić information content (AvgIpc) is 2.85. The quantitative estimate of drug-likeness (QED) is 0.816. The van der Waals surface area contributed by atoms with Crippen LogP contribution in [-0.2, 0) is 16.8 Å². The van der Waals surface area contributed by atoms with Gasteiger partial charge >= 0.3 is 0 Å². The summed E-state index contributed by atoms with van der Waals surface area (Å²) in [6, 6.07) is 12.9. The molecule has 1 aliphatic heterocycles. The molecule has 1 atom stereocenters. The maximum Gasteiger partial charge on any atom is 0.261 e. The van der Waals surface area contributed by atoms with Crippen LogP contribution in [-0.4, -0.2) is 16.8 Å². The maximum absolute atomic E-state index is 12.7. The zero-order valence-corrected chi connectivity index (χ0v) is 14.8. The number of carbonyl (C=O) groups excluding carboxylic acids is 2. The molecule has 0 bridgehead atoms. The Labute approximate surface area is 147 Å². The molecule has 0 fully saturated rings. The highest BCUT2D eigenvalue weighted by molar-refractivity contribution is 6.09.